The molecule has 0 aliphatic carbocycles. The fourth-order valence-electron chi connectivity index (χ4n) is 1.40. The fourth-order valence-corrected chi connectivity index (χ4v) is 1.64. The average molecular weight is 288 g/mol. The number of aliphatic carboxylic acids is 1. The van der Waals surface area contributed by atoms with Crippen molar-refractivity contribution in [1.29, 1.82) is 0 Å². The Kier molecular flexibility index (Phi) is 5.08. The van der Waals surface area contributed by atoms with Gasteiger partial charge in [-0.3, -0.25) is 9.48 Å². The first-order chi connectivity index (χ1) is 8.86. The lowest BCUT2D eigenvalue weighted by atomic mass is 10.2. The first kappa shape index (κ1) is 15.2. The third-order valence-corrected chi connectivity index (χ3v) is 2.84. The van der Waals surface area contributed by atoms with Crippen molar-refractivity contribution in [3.63, 3.8) is 0 Å². The van der Waals surface area contributed by atoms with Gasteiger partial charge in [-0.15, -0.1) is 0 Å². The van der Waals surface area contributed by atoms with Crippen molar-refractivity contribution in [3.05, 3.63) is 22.5 Å². The third-order valence-electron chi connectivity index (χ3n) is 2.39. The molecule has 0 bridgehead atoms. The highest BCUT2D eigenvalue weighted by atomic mass is 35.5. The van der Waals surface area contributed by atoms with Gasteiger partial charge in [-0.2, -0.15) is 5.10 Å². The Bertz CT molecular complexity index is 524. The Labute approximate surface area is 114 Å². The number of aliphatic hydroxyl groups excluding tert-OH is 1. The zero-order chi connectivity index (χ0) is 14.6. The second-order valence-corrected chi connectivity index (χ2v) is 4.19. The Hall–Kier alpha value is -1.86. The monoisotopic (exact) mass is 287 g/mol. The van der Waals surface area contributed by atoms with Crippen LogP contribution in [0.1, 0.15) is 11.3 Å². The van der Waals surface area contributed by atoms with E-state index in [-0.39, 0.29) is 0 Å². The summed E-state index contributed by atoms with van der Waals surface area (Å²) in [5.74, 6) is -1.94. The van der Waals surface area contributed by atoms with Crippen LogP contribution >= 0.6 is 11.6 Å². The SMILES string of the molecule is Cc1nn(C)c(Cl)c1/C=C/C(=O)NC(CO)C(=O)O. The van der Waals surface area contributed by atoms with Gasteiger partial charge in [0.1, 0.15) is 5.15 Å². The maximum absolute atomic E-state index is 11.5. The van der Waals surface area contributed by atoms with Crippen molar-refractivity contribution < 1.29 is 19.8 Å². The number of hydrogen-bond donors (Lipinski definition) is 3. The Morgan fingerprint density at radius 1 is 1.58 bits per heavy atom. The van der Waals surface area contributed by atoms with E-state index >= 15 is 0 Å². The number of carbonyl (C=O) groups is 2. The van der Waals surface area contributed by atoms with E-state index in [9.17, 15) is 9.59 Å². The number of amides is 1. The molecule has 0 radical (unpaired) electrons. The molecule has 0 spiro atoms. The zero-order valence-electron chi connectivity index (χ0n) is 10.4. The van der Waals surface area contributed by atoms with E-state index in [2.05, 4.69) is 10.4 Å². The summed E-state index contributed by atoms with van der Waals surface area (Å²) in [7, 11) is 1.67. The summed E-state index contributed by atoms with van der Waals surface area (Å²) in [4.78, 5) is 22.1. The van der Waals surface area contributed by atoms with Gasteiger partial charge in [0.25, 0.3) is 0 Å². The van der Waals surface area contributed by atoms with Gasteiger partial charge >= 0.3 is 5.97 Å². The summed E-state index contributed by atoms with van der Waals surface area (Å²) in [5, 5.41) is 24.0. The molecule has 1 aromatic heterocycles. The number of nitrogens with zero attached hydrogens (tertiary/aromatic N) is 2. The molecule has 19 heavy (non-hydrogen) atoms. The van der Waals surface area contributed by atoms with E-state index in [0.29, 0.717) is 16.4 Å². The molecule has 0 saturated heterocycles. The van der Waals surface area contributed by atoms with Crippen LogP contribution in [0.3, 0.4) is 0 Å². The standard InChI is InChI=1S/C11H14ClN3O4/c1-6-7(10(12)15(2)14-6)3-4-9(17)13-8(5-16)11(18)19/h3-4,8,16H,5H2,1-2H3,(H,13,17)(H,18,19)/b4-3+. The molecule has 0 fully saturated rings. The predicted molar refractivity (Wildman–Crippen MR) is 68.6 cm³/mol. The molecule has 7 nitrogen and oxygen atoms in total. The number of rotatable bonds is 5. The van der Waals surface area contributed by atoms with Crippen molar-refractivity contribution in [3.8, 4) is 0 Å². The van der Waals surface area contributed by atoms with E-state index in [4.69, 9.17) is 21.8 Å². The minimum absolute atomic E-state index is 0.374. The van der Waals surface area contributed by atoms with Gasteiger partial charge in [-0.05, 0) is 13.0 Å². The molecule has 104 valence electrons. The van der Waals surface area contributed by atoms with Crippen LogP contribution in [0, 0.1) is 6.92 Å². The first-order valence-corrected chi connectivity index (χ1v) is 5.76. The van der Waals surface area contributed by atoms with Crippen molar-refractivity contribution >= 4 is 29.6 Å². The smallest absolute Gasteiger partial charge is 0.328 e. The largest absolute Gasteiger partial charge is 0.480 e. The Morgan fingerprint density at radius 2 is 2.21 bits per heavy atom. The number of nitrogens with one attached hydrogen (secondary N) is 1. The minimum Gasteiger partial charge on any atom is -0.480 e. The number of carbonyl (C=O) groups excluding carboxylic acids is 1. The van der Waals surface area contributed by atoms with Gasteiger partial charge in [-0.1, -0.05) is 11.6 Å². The second kappa shape index (κ2) is 6.35. The Balaban J connectivity index is 2.76. The van der Waals surface area contributed by atoms with E-state index < -0.39 is 24.5 Å². The van der Waals surface area contributed by atoms with Crippen molar-refractivity contribution in [2.24, 2.45) is 7.05 Å². The molecule has 1 unspecified atom stereocenters. The average Bonchev–Trinajstić information content (AvgIpc) is 2.58. The third kappa shape index (κ3) is 3.80. The lowest BCUT2D eigenvalue weighted by molar-refractivity contribution is -0.142. The van der Waals surface area contributed by atoms with Gasteiger partial charge in [0, 0.05) is 18.7 Å². The van der Waals surface area contributed by atoms with E-state index in [1.165, 1.54) is 10.8 Å². The summed E-state index contributed by atoms with van der Waals surface area (Å²) in [6.45, 7) is 1.05. The quantitative estimate of drug-likeness (QED) is 0.659. The molecule has 1 aromatic rings. The molecular formula is C11H14ClN3O4. The molecule has 1 atom stereocenters. The highest BCUT2D eigenvalue weighted by molar-refractivity contribution is 6.31. The normalized spacial score (nSPS) is 12.6. The van der Waals surface area contributed by atoms with Gasteiger partial charge < -0.3 is 15.5 Å². The number of aliphatic hydroxyl groups is 1. The van der Waals surface area contributed by atoms with Crippen molar-refractivity contribution in [1.82, 2.24) is 15.1 Å². The van der Waals surface area contributed by atoms with E-state index in [1.807, 2.05) is 0 Å². The molecule has 3 N–H and O–H groups in total. The van der Waals surface area contributed by atoms with Crippen LogP contribution in [0.5, 0.6) is 0 Å². The topological polar surface area (TPSA) is 104 Å². The highest BCUT2D eigenvalue weighted by Crippen LogP contribution is 2.19. The van der Waals surface area contributed by atoms with Crippen LogP contribution in [0.15, 0.2) is 6.08 Å². The minimum atomic E-state index is -1.33. The second-order valence-electron chi connectivity index (χ2n) is 3.83. The van der Waals surface area contributed by atoms with Gasteiger partial charge in [-0.25, -0.2) is 4.79 Å². The maximum atomic E-state index is 11.5. The number of aromatic nitrogens is 2. The number of aryl methyl sites for hydroxylation is 2. The Morgan fingerprint density at radius 3 is 2.63 bits per heavy atom. The molecule has 0 saturated carbocycles. The van der Waals surface area contributed by atoms with Crippen LogP contribution in [-0.2, 0) is 16.6 Å². The van der Waals surface area contributed by atoms with Crippen LogP contribution in [-0.4, -0.2) is 44.5 Å². The molecule has 1 rings (SSSR count). The molecule has 0 aromatic carbocycles. The van der Waals surface area contributed by atoms with Gasteiger partial charge in [0.05, 0.1) is 12.3 Å². The first-order valence-electron chi connectivity index (χ1n) is 5.38. The number of carboxylic acids is 1. The number of hydrogen-bond acceptors (Lipinski definition) is 4. The number of carboxylic acid groups (broad SMARTS) is 1. The van der Waals surface area contributed by atoms with E-state index in [0.717, 1.165) is 6.08 Å². The fraction of sp³-hybridized carbons (Fsp3) is 0.364. The summed E-state index contributed by atoms with van der Waals surface area (Å²) in [6, 6.07) is -1.33. The van der Waals surface area contributed by atoms with Crippen molar-refractivity contribution in [2.75, 3.05) is 6.61 Å². The molecular weight excluding hydrogens is 274 g/mol. The molecule has 8 heteroatoms. The van der Waals surface area contributed by atoms with Crippen molar-refractivity contribution in [2.45, 2.75) is 13.0 Å². The van der Waals surface area contributed by atoms with Gasteiger partial charge in [0.2, 0.25) is 5.91 Å². The zero-order valence-corrected chi connectivity index (χ0v) is 11.2. The lowest BCUT2D eigenvalue weighted by Gasteiger charge is -2.09. The highest BCUT2D eigenvalue weighted by Gasteiger charge is 2.17. The van der Waals surface area contributed by atoms with Gasteiger partial charge in [0.15, 0.2) is 6.04 Å². The van der Waals surface area contributed by atoms with Crippen LogP contribution in [0.4, 0.5) is 0 Å². The van der Waals surface area contributed by atoms with Crippen LogP contribution in [0.2, 0.25) is 5.15 Å². The molecule has 0 aliphatic heterocycles. The molecule has 1 amide bonds. The van der Waals surface area contributed by atoms with Crippen LogP contribution in [0.25, 0.3) is 6.08 Å². The number of halogens is 1. The summed E-state index contributed by atoms with van der Waals surface area (Å²) < 4.78 is 1.46. The molecule has 1 heterocycles. The van der Waals surface area contributed by atoms with Crippen LogP contribution < -0.4 is 5.32 Å². The summed E-state index contributed by atoms with van der Waals surface area (Å²) in [6.07, 6.45) is 2.58. The maximum Gasteiger partial charge on any atom is 0.328 e. The summed E-state index contributed by atoms with van der Waals surface area (Å²) in [5.41, 5.74) is 1.23. The van der Waals surface area contributed by atoms with E-state index in [1.54, 1.807) is 14.0 Å². The lowest BCUT2D eigenvalue weighted by Crippen LogP contribution is -2.42. The predicted octanol–water partition coefficient (Wildman–Crippen LogP) is -0.0432. The summed E-state index contributed by atoms with van der Waals surface area (Å²) >= 11 is 5.96. The molecule has 0 aliphatic rings.